The summed E-state index contributed by atoms with van der Waals surface area (Å²) in [6.07, 6.45) is 1.43. The number of benzene rings is 3. The van der Waals surface area contributed by atoms with Crippen LogP contribution in [0.25, 0.3) is 22.0 Å². The number of hydrogen-bond acceptors (Lipinski definition) is 4. The van der Waals surface area contributed by atoms with Gasteiger partial charge in [-0.3, -0.25) is 4.79 Å². The van der Waals surface area contributed by atoms with Gasteiger partial charge in [-0.05, 0) is 111 Å². The minimum atomic E-state index is -0.0574. The summed E-state index contributed by atoms with van der Waals surface area (Å²) in [4.78, 5) is 13.4. The van der Waals surface area contributed by atoms with Crippen LogP contribution in [0.1, 0.15) is 57.7 Å². The van der Waals surface area contributed by atoms with Crippen LogP contribution in [0.2, 0.25) is 10.0 Å². The van der Waals surface area contributed by atoms with E-state index in [1.807, 2.05) is 44.2 Å². The molecule has 1 atom stereocenters. The summed E-state index contributed by atoms with van der Waals surface area (Å²) in [5.41, 5.74) is 8.77. The first-order chi connectivity index (χ1) is 19.6. The van der Waals surface area contributed by atoms with Gasteiger partial charge in [0.15, 0.2) is 6.79 Å². The average molecular weight is 596 g/mol. The highest BCUT2D eigenvalue weighted by atomic mass is 35.5. The van der Waals surface area contributed by atoms with Crippen LogP contribution in [-0.4, -0.2) is 37.5 Å². The van der Waals surface area contributed by atoms with E-state index < -0.39 is 0 Å². The Morgan fingerprint density at radius 2 is 1.56 bits per heavy atom. The van der Waals surface area contributed by atoms with Gasteiger partial charge < -0.3 is 24.1 Å². The summed E-state index contributed by atoms with van der Waals surface area (Å²) in [6.45, 7) is 11.5. The number of rotatable bonds is 9. The number of fused-ring (bicyclic) bond motifs is 3. The van der Waals surface area contributed by atoms with Gasteiger partial charge in [0, 0.05) is 35.7 Å². The monoisotopic (exact) mass is 594 g/mol. The van der Waals surface area contributed by atoms with Crippen molar-refractivity contribution in [1.82, 2.24) is 9.88 Å². The highest BCUT2D eigenvalue weighted by Crippen LogP contribution is 2.44. The normalized spacial score (nSPS) is 14.7. The fraction of sp³-hybridized carbons (Fsp3) is 0.364. The first kappa shape index (κ1) is 29.3. The summed E-state index contributed by atoms with van der Waals surface area (Å²) in [6, 6.07) is 12.0. The van der Waals surface area contributed by atoms with Gasteiger partial charge >= 0.3 is 0 Å². The Morgan fingerprint density at radius 1 is 0.927 bits per heavy atom. The molecule has 1 amide bonds. The summed E-state index contributed by atoms with van der Waals surface area (Å²) in [5.74, 6) is 1.49. The van der Waals surface area contributed by atoms with E-state index in [0.717, 1.165) is 72.8 Å². The van der Waals surface area contributed by atoms with Gasteiger partial charge in [-0.2, -0.15) is 0 Å². The fourth-order valence-electron chi connectivity index (χ4n) is 6.00. The number of halogens is 2. The second-order valence-corrected chi connectivity index (χ2v) is 11.7. The molecule has 0 spiro atoms. The second-order valence-electron chi connectivity index (χ2n) is 10.9. The quantitative estimate of drug-likeness (QED) is 0.157. The first-order valence-corrected chi connectivity index (χ1v) is 14.6. The zero-order chi connectivity index (χ0) is 29.4. The van der Waals surface area contributed by atoms with Crippen molar-refractivity contribution in [3.63, 3.8) is 0 Å². The molecule has 4 aromatic rings. The highest BCUT2D eigenvalue weighted by Gasteiger charge is 2.31. The molecule has 1 aromatic heterocycles. The Morgan fingerprint density at radius 3 is 2.22 bits per heavy atom. The van der Waals surface area contributed by atoms with Crippen LogP contribution in [0.4, 0.5) is 0 Å². The number of aromatic nitrogens is 1. The third-order valence-corrected chi connectivity index (χ3v) is 8.69. The lowest BCUT2D eigenvalue weighted by Gasteiger charge is -2.26. The summed E-state index contributed by atoms with van der Waals surface area (Å²) >= 11 is 13.3. The highest BCUT2D eigenvalue weighted by molar-refractivity contribution is 6.35. The van der Waals surface area contributed by atoms with Crippen molar-refractivity contribution >= 4 is 40.0 Å². The van der Waals surface area contributed by atoms with Gasteiger partial charge in [0.25, 0.3) is 5.91 Å². The Labute approximate surface area is 251 Å². The van der Waals surface area contributed by atoms with E-state index in [0.29, 0.717) is 30.3 Å². The van der Waals surface area contributed by atoms with Crippen LogP contribution in [0.5, 0.6) is 11.5 Å². The molecule has 6 nitrogen and oxygen atoms in total. The molecule has 1 aliphatic heterocycles. The lowest BCUT2D eigenvalue weighted by molar-refractivity contribution is 0.0510. The molecule has 0 saturated heterocycles. The van der Waals surface area contributed by atoms with Crippen molar-refractivity contribution in [2.24, 2.45) is 0 Å². The van der Waals surface area contributed by atoms with Crippen molar-refractivity contribution in [3.05, 3.63) is 80.0 Å². The van der Waals surface area contributed by atoms with Crippen LogP contribution in [0.15, 0.2) is 36.4 Å². The number of nitrogens with one attached hydrogen (secondary N) is 1. The van der Waals surface area contributed by atoms with Crippen LogP contribution in [0, 0.1) is 27.7 Å². The molecule has 0 saturated carbocycles. The lowest BCUT2D eigenvalue weighted by atomic mass is 9.93. The third-order valence-electron chi connectivity index (χ3n) is 7.78. The summed E-state index contributed by atoms with van der Waals surface area (Å²) in [5, 5.41) is 5.54. The maximum atomic E-state index is 13.4. The number of carbonyl (C=O) groups is 1. The second kappa shape index (κ2) is 12.0. The van der Waals surface area contributed by atoms with E-state index in [9.17, 15) is 4.79 Å². The number of carbonyl (C=O) groups excluding carboxylic acids is 1. The standard InChI is InChI=1S/C33H36Cl2N2O4/c1-18-12-24(41-17-39-6)13-19(2)28(18)29-27(34)10-9-26-25(32-33(38)36-16-22(5)37(32)31(26)29)8-7-11-40-23-14-20(3)30(35)21(4)15-23/h9-10,12-15,22H,7-8,11,16-17H2,1-6H3,(H,36,38)/t22-/m1/s1. The Hall–Kier alpha value is -3.19. The third kappa shape index (κ3) is 5.53. The van der Waals surface area contributed by atoms with E-state index in [2.05, 4.69) is 36.7 Å². The molecule has 41 heavy (non-hydrogen) atoms. The van der Waals surface area contributed by atoms with Crippen molar-refractivity contribution in [3.8, 4) is 22.6 Å². The number of aryl methyl sites for hydroxylation is 5. The smallest absolute Gasteiger partial charge is 0.268 e. The Balaban J connectivity index is 1.57. The van der Waals surface area contributed by atoms with Gasteiger partial charge in [-0.15, -0.1) is 0 Å². The van der Waals surface area contributed by atoms with Gasteiger partial charge in [-0.1, -0.05) is 29.3 Å². The maximum absolute atomic E-state index is 13.4. The predicted octanol–water partition coefficient (Wildman–Crippen LogP) is 8.15. The van der Waals surface area contributed by atoms with E-state index in [1.54, 1.807) is 7.11 Å². The minimum absolute atomic E-state index is 0.0574. The molecule has 0 unspecified atom stereocenters. The van der Waals surface area contributed by atoms with Gasteiger partial charge in [0.2, 0.25) is 0 Å². The van der Waals surface area contributed by atoms with Crippen LogP contribution in [0.3, 0.4) is 0 Å². The van der Waals surface area contributed by atoms with Gasteiger partial charge in [0.05, 0.1) is 17.1 Å². The molecule has 0 bridgehead atoms. The molecular weight excluding hydrogens is 559 g/mol. The van der Waals surface area contributed by atoms with E-state index in [4.69, 9.17) is 37.4 Å². The molecule has 8 heteroatoms. The van der Waals surface area contributed by atoms with Crippen LogP contribution >= 0.6 is 23.2 Å². The van der Waals surface area contributed by atoms with E-state index >= 15 is 0 Å². The zero-order valence-corrected chi connectivity index (χ0v) is 25.9. The van der Waals surface area contributed by atoms with Crippen molar-refractivity contribution in [2.75, 3.05) is 27.1 Å². The van der Waals surface area contributed by atoms with E-state index in [1.165, 1.54) is 0 Å². The Bertz CT molecular complexity index is 1600. The molecule has 2 heterocycles. The largest absolute Gasteiger partial charge is 0.494 e. The molecule has 1 aliphatic rings. The van der Waals surface area contributed by atoms with Gasteiger partial charge in [-0.25, -0.2) is 0 Å². The van der Waals surface area contributed by atoms with Crippen molar-refractivity contribution in [1.29, 1.82) is 0 Å². The zero-order valence-electron chi connectivity index (χ0n) is 24.4. The van der Waals surface area contributed by atoms with Crippen LogP contribution in [-0.2, 0) is 11.2 Å². The molecule has 1 N–H and O–H groups in total. The number of nitrogens with zero attached hydrogens (tertiary/aromatic N) is 1. The number of methoxy groups -OCH3 is 1. The summed E-state index contributed by atoms with van der Waals surface area (Å²) in [7, 11) is 1.60. The molecular formula is C33H36Cl2N2O4. The Kier molecular flexibility index (Phi) is 8.55. The van der Waals surface area contributed by atoms with Crippen molar-refractivity contribution < 1.29 is 19.0 Å². The topological polar surface area (TPSA) is 61.7 Å². The van der Waals surface area contributed by atoms with Crippen LogP contribution < -0.4 is 14.8 Å². The number of hydrogen-bond donors (Lipinski definition) is 1. The molecule has 0 fully saturated rings. The first-order valence-electron chi connectivity index (χ1n) is 13.9. The molecule has 0 aliphatic carbocycles. The maximum Gasteiger partial charge on any atom is 0.268 e. The molecule has 3 aromatic carbocycles. The molecule has 0 radical (unpaired) electrons. The van der Waals surface area contributed by atoms with E-state index in [-0.39, 0.29) is 18.7 Å². The SMILES string of the molecule is COCOc1cc(C)c(-c2c(Cl)ccc3c(CCCOc4cc(C)c(Cl)c(C)c4)c4n(c23)[C@H](C)CNC4=O)c(C)c1. The lowest BCUT2D eigenvalue weighted by Crippen LogP contribution is -2.38. The minimum Gasteiger partial charge on any atom is -0.494 e. The average Bonchev–Trinajstić information content (AvgIpc) is 3.26. The molecule has 216 valence electrons. The van der Waals surface area contributed by atoms with Crippen molar-refractivity contribution in [2.45, 2.75) is 53.5 Å². The summed E-state index contributed by atoms with van der Waals surface area (Å²) < 4.78 is 19.1. The molecule has 5 rings (SSSR count). The van der Waals surface area contributed by atoms with Gasteiger partial charge in [0.1, 0.15) is 17.2 Å². The number of ether oxygens (including phenoxy) is 3. The number of amides is 1. The predicted molar refractivity (Wildman–Crippen MR) is 166 cm³/mol. The fourth-order valence-corrected chi connectivity index (χ4v) is 6.35.